The SMILES string of the molecule is C=CCN1C(=O)NC(=N)C1(C)C(C)C. The predicted octanol–water partition coefficient (Wildman–Crippen LogP) is 1.59. The summed E-state index contributed by atoms with van der Waals surface area (Å²) in [6.45, 7) is 10.0. The van der Waals surface area contributed by atoms with Crippen molar-refractivity contribution in [2.24, 2.45) is 5.92 Å². The molecule has 78 valence electrons. The van der Waals surface area contributed by atoms with Gasteiger partial charge >= 0.3 is 6.03 Å². The molecule has 1 aliphatic heterocycles. The minimum Gasteiger partial charge on any atom is -0.308 e. The smallest absolute Gasteiger partial charge is 0.308 e. The van der Waals surface area contributed by atoms with E-state index in [9.17, 15) is 4.79 Å². The minimum absolute atomic E-state index is 0.203. The Morgan fingerprint density at radius 3 is 2.71 bits per heavy atom. The van der Waals surface area contributed by atoms with E-state index in [1.54, 1.807) is 11.0 Å². The van der Waals surface area contributed by atoms with E-state index in [1.165, 1.54) is 0 Å². The third-order valence-electron chi connectivity index (χ3n) is 2.98. The summed E-state index contributed by atoms with van der Waals surface area (Å²) in [5.74, 6) is 0.480. The van der Waals surface area contributed by atoms with Gasteiger partial charge in [0.15, 0.2) is 0 Å². The molecule has 0 aromatic heterocycles. The van der Waals surface area contributed by atoms with Gasteiger partial charge in [-0.05, 0) is 12.8 Å². The summed E-state index contributed by atoms with van der Waals surface area (Å²) < 4.78 is 0. The number of nitrogens with zero attached hydrogens (tertiary/aromatic N) is 1. The van der Waals surface area contributed by atoms with Gasteiger partial charge in [0.25, 0.3) is 0 Å². The van der Waals surface area contributed by atoms with Crippen LogP contribution < -0.4 is 5.32 Å². The van der Waals surface area contributed by atoms with Crippen LogP contribution in [0.15, 0.2) is 12.7 Å². The summed E-state index contributed by atoms with van der Waals surface area (Å²) in [5, 5.41) is 10.3. The Bertz CT molecular complexity index is 285. The van der Waals surface area contributed by atoms with Gasteiger partial charge < -0.3 is 4.90 Å². The van der Waals surface area contributed by atoms with Gasteiger partial charge in [-0.2, -0.15) is 0 Å². The Labute approximate surface area is 84.5 Å². The van der Waals surface area contributed by atoms with Crippen LogP contribution in [0.3, 0.4) is 0 Å². The lowest BCUT2D eigenvalue weighted by molar-refractivity contribution is 0.165. The average molecular weight is 195 g/mol. The monoisotopic (exact) mass is 195 g/mol. The molecule has 0 radical (unpaired) electrons. The van der Waals surface area contributed by atoms with Gasteiger partial charge in [-0.25, -0.2) is 4.79 Å². The fourth-order valence-electron chi connectivity index (χ4n) is 1.65. The molecule has 1 atom stereocenters. The van der Waals surface area contributed by atoms with Crippen LogP contribution in [-0.2, 0) is 0 Å². The number of hydrogen-bond acceptors (Lipinski definition) is 2. The molecule has 0 bridgehead atoms. The van der Waals surface area contributed by atoms with Crippen molar-refractivity contribution in [1.82, 2.24) is 10.2 Å². The molecular formula is C10H17N3O. The quantitative estimate of drug-likeness (QED) is 0.660. The Balaban J connectivity index is 3.05. The standard InChI is InChI=1S/C10H17N3O/c1-5-6-13-9(14)12-8(11)10(13,4)7(2)3/h5,7H,1,6H2,2-4H3,(H2,11,12,14). The highest BCUT2D eigenvalue weighted by Crippen LogP contribution is 2.29. The summed E-state index contributed by atoms with van der Waals surface area (Å²) in [6, 6.07) is -0.203. The molecular weight excluding hydrogens is 178 g/mol. The van der Waals surface area contributed by atoms with Crippen molar-refractivity contribution in [3.05, 3.63) is 12.7 Å². The van der Waals surface area contributed by atoms with Gasteiger partial charge in [0.05, 0.1) is 0 Å². The summed E-state index contributed by atoms with van der Waals surface area (Å²) in [7, 11) is 0. The Morgan fingerprint density at radius 2 is 2.29 bits per heavy atom. The number of urea groups is 1. The maximum Gasteiger partial charge on any atom is 0.323 e. The van der Waals surface area contributed by atoms with Crippen molar-refractivity contribution >= 4 is 11.9 Å². The molecule has 1 fully saturated rings. The number of carbonyl (C=O) groups is 1. The maximum atomic E-state index is 11.5. The lowest BCUT2D eigenvalue weighted by Gasteiger charge is -2.36. The number of hydrogen-bond donors (Lipinski definition) is 2. The van der Waals surface area contributed by atoms with Crippen LogP contribution in [0.25, 0.3) is 0 Å². The predicted molar refractivity (Wildman–Crippen MR) is 56.4 cm³/mol. The van der Waals surface area contributed by atoms with Crippen LogP contribution >= 0.6 is 0 Å². The number of carbonyl (C=O) groups excluding carboxylic acids is 1. The highest BCUT2D eigenvalue weighted by molar-refractivity contribution is 6.08. The van der Waals surface area contributed by atoms with Crippen molar-refractivity contribution in [3.63, 3.8) is 0 Å². The molecule has 1 unspecified atom stereocenters. The van der Waals surface area contributed by atoms with Crippen LogP contribution in [0.4, 0.5) is 4.79 Å². The van der Waals surface area contributed by atoms with E-state index in [2.05, 4.69) is 11.9 Å². The number of nitrogens with one attached hydrogen (secondary N) is 2. The first-order valence-corrected chi connectivity index (χ1v) is 4.73. The number of amidine groups is 1. The first kappa shape index (κ1) is 10.8. The first-order valence-electron chi connectivity index (χ1n) is 4.73. The summed E-state index contributed by atoms with van der Waals surface area (Å²) >= 11 is 0. The Kier molecular flexibility index (Phi) is 2.64. The normalized spacial score (nSPS) is 27.0. The lowest BCUT2D eigenvalue weighted by atomic mass is 9.87. The zero-order valence-electron chi connectivity index (χ0n) is 8.92. The van der Waals surface area contributed by atoms with E-state index < -0.39 is 5.54 Å². The number of amides is 2. The lowest BCUT2D eigenvalue weighted by Crippen LogP contribution is -2.50. The maximum absolute atomic E-state index is 11.5. The molecule has 0 spiro atoms. The van der Waals surface area contributed by atoms with Gasteiger partial charge in [-0.1, -0.05) is 19.9 Å². The molecule has 1 rings (SSSR count). The second-order valence-corrected chi connectivity index (χ2v) is 4.01. The largest absolute Gasteiger partial charge is 0.323 e. The van der Waals surface area contributed by atoms with Crippen LogP contribution in [0, 0.1) is 11.3 Å². The van der Waals surface area contributed by atoms with Crippen molar-refractivity contribution in [3.8, 4) is 0 Å². The molecule has 14 heavy (non-hydrogen) atoms. The van der Waals surface area contributed by atoms with Gasteiger partial charge in [-0.3, -0.25) is 10.7 Å². The van der Waals surface area contributed by atoms with E-state index in [0.717, 1.165) is 0 Å². The number of rotatable bonds is 3. The first-order chi connectivity index (χ1) is 6.44. The van der Waals surface area contributed by atoms with Crippen LogP contribution in [0.1, 0.15) is 20.8 Å². The third-order valence-corrected chi connectivity index (χ3v) is 2.98. The second kappa shape index (κ2) is 3.44. The van der Waals surface area contributed by atoms with Gasteiger partial charge in [0.1, 0.15) is 11.4 Å². The van der Waals surface area contributed by atoms with E-state index >= 15 is 0 Å². The fraction of sp³-hybridized carbons (Fsp3) is 0.600. The molecule has 2 amide bonds. The molecule has 0 aliphatic carbocycles. The van der Waals surface area contributed by atoms with Crippen LogP contribution in [-0.4, -0.2) is 28.9 Å². The molecule has 4 nitrogen and oxygen atoms in total. The zero-order valence-corrected chi connectivity index (χ0v) is 8.92. The summed E-state index contributed by atoms with van der Waals surface area (Å²) in [6.07, 6.45) is 1.68. The average Bonchev–Trinajstić information content (AvgIpc) is 2.31. The van der Waals surface area contributed by atoms with Crippen molar-refractivity contribution in [2.45, 2.75) is 26.3 Å². The molecule has 1 saturated heterocycles. The highest BCUT2D eigenvalue weighted by atomic mass is 16.2. The Morgan fingerprint density at radius 1 is 1.71 bits per heavy atom. The molecule has 0 aromatic carbocycles. The molecule has 1 heterocycles. The Hall–Kier alpha value is -1.32. The van der Waals surface area contributed by atoms with Crippen molar-refractivity contribution < 1.29 is 4.79 Å². The van der Waals surface area contributed by atoms with Crippen LogP contribution in [0.5, 0.6) is 0 Å². The fourth-order valence-corrected chi connectivity index (χ4v) is 1.65. The van der Waals surface area contributed by atoms with E-state index in [0.29, 0.717) is 6.54 Å². The van der Waals surface area contributed by atoms with E-state index in [4.69, 9.17) is 5.41 Å². The van der Waals surface area contributed by atoms with Crippen molar-refractivity contribution in [2.75, 3.05) is 6.54 Å². The minimum atomic E-state index is -0.523. The highest BCUT2D eigenvalue weighted by Gasteiger charge is 2.47. The third kappa shape index (κ3) is 1.31. The molecule has 4 heteroatoms. The van der Waals surface area contributed by atoms with Crippen LogP contribution in [0.2, 0.25) is 0 Å². The molecule has 0 aromatic rings. The molecule has 2 N–H and O–H groups in total. The van der Waals surface area contributed by atoms with E-state index in [-0.39, 0.29) is 17.8 Å². The van der Waals surface area contributed by atoms with E-state index in [1.807, 2.05) is 20.8 Å². The topological polar surface area (TPSA) is 56.2 Å². The van der Waals surface area contributed by atoms with Gasteiger partial charge in [0, 0.05) is 6.54 Å². The second-order valence-electron chi connectivity index (χ2n) is 4.01. The summed E-state index contributed by atoms with van der Waals surface area (Å²) in [4.78, 5) is 13.2. The summed E-state index contributed by atoms with van der Waals surface area (Å²) in [5.41, 5.74) is -0.523. The molecule has 0 saturated carbocycles. The molecule has 1 aliphatic rings. The van der Waals surface area contributed by atoms with Gasteiger partial charge in [-0.15, -0.1) is 6.58 Å². The van der Waals surface area contributed by atoms with Crippen molar-refractivity contribution in [1.29, 1.82) is 5.41 Å². The zero-order chi connectivity index (χ0) is 10.9. The van der Waals surface area contributed by atoms with Gasteiger partial charge in [0.2, 0.25) is 0 Å².